The second-order valence-corrected chi connectivity index (χ2v) is 3.21. The molecule has 1 aliphatic carbocycles. The Hall–Kier alpha value is -1.32. The van der Waals surface area contributed by atoms with Crippen LogP contribution in [-0.4, -0.2) is 6.18 Å². The Morgan fingerprint density at radius 3 is 1.79 bits per heavy atom. The summed E-state index contributed by atoms with van der Waals surface area (Å²) in [7, 11) is 0. The summed E-state index contributed by atoms with van der Waals surface area (Å²) in [6.45, 7) is 0. The van der Waals surface area contributed by atoms with Crippen LogP contribution in [0.5, 0.6) is 0 Å². The van der Waals surface area contributed by atoms with Crippen LogP contribution in [0.4, 0.5) is 17.6 Å². The van der Waals surface area contributed by atoms with Crippen molar-refractivity contribution >= 4 is 0 Å². The van der Waals surface area contributed by atoms with Gasteiger partial charge in [0.15, 0.2) is 0 Å². The third-order valence-electron chi connectivity index (χ3n) is 2.29. The molecule has 0 fully saturated rings. The van der Waals surface area contributed by atoms with E-state index in [4.69, 9.17) is 0 Å². The normalized spacial score (nSPS) is 18.3. The van der Waals surface area contributed by atoms with E-state index >= 15 is 0 Å². The standard InChI is InChI=1S/C10H6F4/c11-8-3-1-7(2-4-8)9(5-6-9)10(12,13)14/h1-6H. The number of rotatable bonds is 1. The molecular formula is C10H6F4. The first-order chi connectivity index (χ1) is 6.46. The Morgan fingerprint density at radius 2 is 1.43 bits per heavy atom. The van der Waals surface area contributed by atoms with Crippen molar-refractivity contribution in [3.8, 4) is 0 Å². The van der Waals surface area contributed by atoms with Gasteiger partial charge in [0.05, 0.1) is 0 Å². The molecule has 0 saturated heterocycles. The number of halogens is 4. The molecule has 74 valence electrons. The van der Waals surface area contributed by atoms with Crippen LogP contribution in [0, 0.1) is 5.82 Å². The minimum atomic E-state index is -4.33. The summed E-state index contributed by atoms with van der Waals surface area (Å²) in [4.78, 5) is 0. The first-order valence-corrected chi connectivity index (χ1v) is 3.99. The second-order valence-electron chi connectivity index (χ2n) is 3.21. The van der Waals surface area contributed by atoms with E-state index in [-0.39, 0.29) is 5.56 Å². The Balaban J connectivity index is 2.37. The van der Waals surface area contributed by atoms with E-state index < -0.39 is 17.4 Å². The molecule has 0 saturated carbocycles. The molecule has 2 rings (SSSR count). The summed E-state index contributed by atoms with van der Waals surface area (Å²) < 4.78 is 50.1. The third kappa shape index (κ3) is 1.22. The number of hydrogen-bond acceptors (Lipinski definition) is 0. The summed E-state index contributed by atoms with van der Waals surface area (Å²) >= 11 is 0. The lowest BCUT2D eigenvalue weighted by molar-refractivity contribution is -0.153. The van der Waals surface area contributed by atoms with E-state index in [1.807, 2.05) is 0 Å². The smallest absolute Gasteiger partial charge is 0.207 e. The van der Waals surface area contributed by atoms with E-state index in [0.29, 0.717) is 0 Å². The van der Waals surface area contributed by atoms with Crippen molar-refractivity contribution in [2.45, 2.75) is 11.6 Å². The minimum absolute atomic E-state index is 0.0615. The average Bonchev–Trinajstić information content (AvgIpc) is 2.84. The van der Waals surface area contributed by atoms with Crippen LogP contribution in [-0.2, 0) is 5.41 Å². The Kier molecular flexibility index (Phi) is 1.71. The zero-order valence-corrected chi connectivity index (χ0v) is 6.98. The fourth-order valence-corrected chi connectivity index (χ4v) is 1.35. The molecule has 0 heterocycles. The average molecular weight is 202 g/mol. The van der Waals surface area contributed by atoms with Crippen LogP contribution in [0.25, 0.3) is 0 Å². The van der Waals surface area contributed by atoms with Gasteiger partial charge in [-0.05, 0) is 17.7 Å². The van der Waals surface area contributed by atoms with Crippen molar-refractivity contribution < 1.29 is 17.6 Å². The molecule has 1 aromatic carbocycles. The van der Waals surface area contributed by atoms with Gasteiger partial charge in [0.1, 0.15) is 11.2 Å². The van der Waals surface area contributed by atoms with Gasteiger partial charge in [0.2, 0.25) is 0 Å². The third-order valence-corrected chi connectivity index (χ3v) is 2.29. The molecule has 4 heteroatoms. The Morgan fingerprint density at radius 1 is 0.929 bits per heavy atom. The van der Waals surface area contributed by atoms with Gasteiger partial charge in [0.25, 0.3) is 0 Å². The maximum Gasteiger partial charge on any atom is 0.405 e. The molecule has 0 N–H and O–H groups in total. The van der Waals surface area contributed by atoms with Crippen LogP contribution in [0.2, 0.25) is 0 Å². The topological polar surface area (TPSA) is 0 Å². The van der Waals surface area contributed by atoms with E-state index in [9.17, 15) is 17.6 Å². The highest BCUT2D eigenvalue weighted by Gasteiger charge is 2.58. The first-order valence-electron chi connectivity index (χ1n) is 3.99. The monoisotopic (exact) mass is 202 g/mol. The Bertz CT molecular complexity index is 366. The molecule has 0 nitrogen and oxygen atoms in total. The number of benzene rings is 1. The van der Waals surface area contributed by atoms with E-state index in [1.165, 1.54) is 0 Å². The lowest BCUT2D eigenvalue weighted by atomic mass is 9.93. The van der Waals surface area contributed by atoms with Crippen LogP contribution >= 0.6 is 0 Å². The SMILES string of the molecule is Fc1ccc(C2(C(F)(F)F)C=C2)cc1. The molecule has 14 heavy (non-hydrogen) atoms. The number of hydrogen-bond donors (Lipinski definition) is 0. The summed E-state index contributed by atoms with van der Waals surface area (Å²) in [6.07, 6.45) is -2.19. The number of alkyl halides is 3. The van der Waals surface area contributed by atoms with Crippen LogP contribution in [0.15, 0.2) is 36.4 Å². The van der Waals surface area contributed by atoms with Gasteiger partial charge >= 0.3 is 6.18 Å². The van der Waals surface area contributed by atoms with Crippen molar-refractivity contribution in [1.29, 1.82) is 0 Å². The van der Waals surface area contributed by atoms with Gasteiger partial charge in [-0.15, -0.1) is 0 Å². The van der Waals surface area contributed by atoms with Gasteiger partial charge in [-0.1, -0.05) is 24.3 Å². The van der Waals surface area contributed by atoms with E-state index in [2.05, 4.69) is 0 Å². The molecule has 0 amide bonds. The molecular weight excluding hydrogens is 196 g/mol. The van der Waals surface area contributed by atoms with Crippen LogP contribution in [0.1, 0.15) is 5.56 Å². The Labute approximate surface area is 77.9 Å². The molecule has 0 radical (unpaired) electrons. The first kappa shape index (κ1) is 9.24. The molecule has 0 unspecified atom stereocenters. The van der Waals surface area contributed by atoms with Gasteiger partial charge in [-0.2, -0.15) is 13.2 Å². The van der Waals surface area contributed by atoms with Crippen molar-refractivity contribution in [2.24, 2.45) is 0 Å². The second kappa shape index (κ2) is 2.59. The maximum atomic E-state index is 12.5. The molecule has 0 aliphatic heterocycles. The molecule has 1 aliphatic rings. The van der Waals surface area contributed by atoms with Crippen molar-refractivity contribution in [3.05, 3.63) is 47.8 Å². The predicted molar refractivity (Wildman–Crippen MR) is 43.3 cm³/mol. The van der Waals surface area contributed by atoms with Gasteiger partial charge in [-0.25, -0.2) is 4.39 Å². The summed E-state index contributed by atoms with van der Waals surface area (Å²) in [5.74, 6) is -0.535. The summed E-state index contributed by atoms with van der Waals surface area (Å²) in [5, 5.41) is 0. The van der Waals surface area contributed by atoms with E-state index in [0.717, 1.165) is 36.4 Å². The zero-order chi connectivity index (χ0) is 10.4. The van der Waals surface area contributed by atoms with Crippen molar-refractivity contribution in [1.82, 2.24) is 0 Å². The van der Waals surface area contributed by atoms with Crippen molar-refractivity contribution in [3.63, 3.8) is 0 Å². The number of allylic oxidation sites excluding steroid dienone is 2. The fourth-order valence-electron chi connectivity index (χ4n) is 1.35. The van der Waals surface area contributed by atoms with Gasteiger partial charge < -0.3 is 0 Å². The summed E-state index contributed by atoms with van der Waals surface area (Å²) in [6, 6.07) is 4.37. The highest BCUT2D eigenvalue weighted by molar-refractivity contribution is 5.49. The molecule has 0 aromatic heterocycles. The molecule has 0 atom stereocenters. The highest BCUT2D eigenvalue weighted by atomic mass is 19.4. The molecule has 0 spiro atoms. The van der Waals surface area contributed by atoms with Crippen LogP contribution < -0.4 is 0 Å². The lowest BCUT2D eigenvalue weighted by Crippen LogP contribution is -2.30. The molecule has 0 bridgehead atoms. The summed E-state index contributed by atoms with van der Waals surface area (Å²) in [5.41, 5.74) is -1.88. The molecule has 1 aromatic rings. The van der Waals surface area contributed by atoms with E-state index in [1.54, 1.807) is 0 Å². The maximum absolute atomic E-state index is 12.5. The predicted octanol–water partition coefficient (Wildman–Crippen LogP) is 3.20. The minimum Gasteiger partial charge on any atom is -0.207 e. The van der Waals surface area contributed by atoms with Crippen LogP contribution in [0.3, 0.4) is 0 Å². The highest BCUT2D eigenvalue weighted by Crippen LogP contribution is 2.51. The van der Waals surface area contributed by atoms with Gasteiger partial charge in [-0.3, -0.25) is 0 Å². The van der Waals surface area contributed by atoms with Crippen molar-refractivity contribution in [2.75, 3.05) is 0 Å². The zero-order valence-electron chi connectivity index (χ0n) is 6.98. The van der Waals surface area contributed by atoms with Gasteiger partial charge in [0, 0.05) is 0 Å². The quantitative estimate of drug-likeness (QED) is 0.484. The lowest BCUT2D eigenvalue weighted by Gasteiger charge is -2.19. The largest absolute Gasteiger partial charge is 0.405 e. The fraction of sp³-hybridized carbons (Fsp3) is 0.200.